The lowest BCUT2D eigenvalue weighted by Gasteiger charge is -2.10. The van der Waals surface area contributed by atoms with Gasteiger partial charge in [-0.05, 0) is 63.9 Å². The molecule has 0 radical (unpaired) electrons. The summed E-state index contributed by atoms with van der Waals surface area (Å²) in [5, 5.41) is 8.52. The van der Waals surface area contributed by atoms with Crippen LogP contribution in [0.1, 0.15) is 42.0 Å². The molecule has 1 aliphatic rings. The molecule has 0 saturated heterocycles. The predicted molar refractivity (Wildman–Crippen MR) is 133 cm³/mol. The molecular weight excluding hydrogens is 432 g/mol. The summed E-state index contributed by atoms with van der Waals surface area (Å²) in [4.78, 5) is 27.3. The van der Waals surface area contributed by atoms with Crippen LogP contribution in [0.2, 0.25) is 0 Å². The standard InChI is InChI=1S/C25H24N6OS/c1-13-11-18(31-20(28-13)9-10-25(3,4)26)17-6-5-15-16(30-17)7-8-19-21(15)22-23(33-19)24(32)29-14(2)12-27-22/h5-8,11,14,27H,12,26H2,1-4H3,(H,29,32)/t14-/m1/s1. The molecule has 1 aliphatic heterocycles. The fourth-order valence-electron chi connectivity index (χ4n) is 3.84. The van der Waals surface area contributed by atoms with E-state index < -0.39 is 5.54 Å². The molecule has 8 heteroatoms. The van der Waals surface area contributed by atoms with Gasteiger partial charge in [0, 0.05) is 33.8 Å². The van der Waals surface area contributed by atoms with Crippen LogP contribution in [0, 0.1) is 18.8 Å². The highest BCUT2D eigenvalue weighted by molar-refractivity contribution is 7.21. The number of hydrogen-bond donors (Lipinski definition) is 3. The fourth-order valence-corrected chi connectivity index (χ4v) is 4.94. The number of carbonyl (C=O) groups excluding carboxylic acids is 1. The monoisotopic (exact) mass is 456 g/mol. The number of aromatic nitrogens is 3. The molecule has 4 aromatic rings. The third kappa shape index (κ3) is 4.13. The van der Waals surface area contributed by atoms with Crippen LogP contribution in [-0.2, 0) is 0 Å². The van der Waals surface area contributed by atoms with Crippen LogP contribution in [0.4, 0.5) is 5.69 Å². The molecule has 0 bridgehead atoms. The van der Waals surface area contributed by atoms with Crippen LogP contribution < -0.4 is 16.4 Å². The number of nitrogens with one attached hydrogen (secondary N) is 2. The highest BCUT2D eigenvalue weighted by Crippen LogP contribution is 2.41. The molecule has 1 amide bonds. The summed E-state index contributed by atoms with van der Waals surface area (Å²) in [6.45, 7) is 8.26. The van der Waals surface area contributed by atoms with E-state index in [0.29, 0.717) is 22.9 Å². The Morgan fingerprint density at radius 1 is 1.15 bits per heavy atom. The highest BCUT2D eigenvalue weighted by Gasteiger charge is 2.24. The molecule has 3 aromatic heterocycles. The molecule has 4 heterocycles. The summed E-state index contributed by atoms with van der Waals surface area (Å²) in [5.74, 6) is 6.34. The second-order valence-corrected chi connectivity index (χ2v) is 10.0. The number of hydrogen-bond acceptors (Lipinski definition) is 7. The molecule has 1 aromatic carbocycles. The summed E-state index contributed by atoms with van der Waals surface area (Å²) in [7, 11) is 0. The minimum atomic E-state index is -0.624. The third-order valence-corrected chi connectivity index (χ3v) is 6.46. The van der Waals surface area contributed by atoms with E-state index in [1.54, 1.807) is 0 Å². The quantitative estimate of drug-likeness (QED) is 0.376. The van der Waals surface area contributed by atoms with Gasteiger partial charge in [-0.1, -0.05) is 5.92 Å². The Hall–Kier alpha value is -3.54. The lowest BCUT2D eigenvalue weighted by Crippen LogP contribution is -2.34. The first-order valence-electron chi connectivity index (χ1n) is 10.8. The predicted octanol–water partition coefficient (Wildman–Crippen LogP) is 3.85. The minimum Gasteiger partial charge on any atom is -0.381 e. The van der Waals surface area contributed by atoms with Gasteiger partial charge in [-0.2, -0.15) is 0 Å². The molecule has 5 rings (SSSR count). The normalized spacial score (nSPS) is 15.9. The van der Waals surface area contributed by atoms with E-state index in [9.17, 15) is 4.79 Å². The first-order valence-corrected chi connectivity index (χ1v) is 11.6. The Kier molecular flexibility index (Phi) is 5.04. The van der Waals surface area contributed by atoms with E-state index in [-0.39, 0.29) is 11.9 Å². The molecule has 4 N–H and O–H groups in total. The van der Waals surface area contributed by atoms with Crippen molar-refractivity contribution in [1.29, 1.82) is 0 Å². The topological polar surface area (TPSA) is 106 Å². The van der Waals surface area contributed by atoms with Crippen molar-refractivity contribution in [3.8, 4) is 23.2 Å². The molecule has 166 valence electrons. The van der Waals surface area contributed by atoms with Gasteiger partial charge < -0.3 is 16.4 Å². The minimum absolute atomic E-state index is 0.0350. The van der Waals surface area contributed by atoms with Crippen molar-refractivity contribution in [3.63, 3.8) is 0 Å². The van der Waals surface area contributed by atoms with Gasteiger partial charge in [0.25, 0.3) is 5.91 Å². The SMILES string of the molecule is Cc1cc(-c2ccc3c(ccc4sc5c(c43)NC[C@@H](C)NC5=O)n2)nc(C#CC(C)(C)N)n1. The summed E-state index contributed by atoms with van der Waals surface area (Å²) in [5.41, 5.74) is 9.33. The first kappa shape index (κ1) is 21.3. The van der Waals surface area contributed by atoms with Crippen molar-refractivity contribution >= 4 is 43.9 Å². The average Bonchev–Trinajstić information content (AvgIpc) is 3.08. The summed E-state index contributed by atoms with van der Waals surface area (Å²) in [6, 6.07) is 9.98. The molecule has 0 unspecified atom stereocenters. The van der Waals surface area contributed by atoms with E-state index in [2.05, 4.69) is 32.4 Å². The van der Waals surface area contributed by atoms with Gasteiger partial charge in [-0.25, -0.2) is 15.0 Å². The van der Waals surface area contributed by atoms with Crippen molar-refractivity contribution in [2.75, 3.05) is 11.9 Å². The Labute approximate surface area is 195 Å². The number of nitrogens with two attached hydrogens (primary N) is 1. The van der Waals surface area contributed by atoms with Gasteiger partial charge >= 0.3 is 0 Å². The van der Waals surface area contributed by atoms with E-state index in [4.69, 9.17) is 10.7 Å². The number of benzene rings is 1. The van der Waals surface area contributed by atoms with Crippen LogP contribution >= 0.6 is 11.3 Å². The van der Waals surface area contributed by atoms with E-state index in [0.717, 1.165) is 38.1 Å². The van der Waals surface area contributed by atoms with Gasteiger partial charge in [-0.3, -0.25) is 4.79 Å². The van der Waals surface area contributed by atoms with Crippen molar-refractivity contribution in [1.82, 2.24) is 20.3 Å². The maximum atomic E-state index is 12.7. The second-order valence-electron chi connectivity index (χ2n) is 8.95. The number of amides is 1. The number of anilines is 1. The lowest BCUT2D eigenvalue weighted by atomic mass is 10.1. The number of aryl methyl sites for hydroxylation is 1. The van der Waals surface area contributed by atoms with Crippen molar-refractivity contribution in [2.24, 2.45) is 5.73 Å². The number of carbonyl (C=O) groups is 1. The van der Waals surface area contributed by atoms with Gasteiger partial charge in [0.05, 0.1) is 28.1 Å². The van der Waals surface area contributed by atoms with E-state index >= 15 is 0 Å². The number of rotatable bonds is 1. The van der Waals surface area contributed by atoms with Crippen molar-refractivity contribution in [2.45, 2.75) is 39.3 Å². The van der Waals surface area contributed by atoms with Gasteiger partial charge in [0.2, 0.25) is 5.82 Å². The second kappa shape index (κ2) is 7.80. The zero-order valence-electron chi connectivity index (χ0n) is 18.9. The van der Waals surface area contributed by atoms with Gasteiger partial charge in [0.15, 0.2) is 0 Å². The number of thiophene rings is 1. The average molecular weight is 457 g/mol. The Morgan fingerprint density at radius 2 is 1.97 bits per heavy atom. The molecule has 0 spiro atoms. The van der Waals surface area contributed by atoms with Gasteiger partial charge in [0.1, 0.15) is 4.88 Å². The molecule has 0 fully saturated rings. The fraction of sp³-hybridized carbons (Fsp3) is 0.280. The van der Waals surface area contributed by atoms with Crippen LogP contribution in [0.25, 0.3) is 32.4 Å². The van der Waals surface area contributed by atoms with Crippen LogP contribution in [-0.4, -0.2) is 39.0 Å². The first-order chi connectivity index (χ1) is 15.7. The molecule has 0 aliphatic carbocycles. The molecule has 1 atom stereocenters. The maximum Gasteiger partial charge on any atom is 0.263 e. The van der Waals surface area contributed by atoms with Crippen LogP contribution in [0.5, 0.6) is 0 Å². The van der Waals surface area contributed by atoms with Crippen molar-refractivity contribution < 1.29 is 4.79 Å². The Morgan fingerprint density at radius 3 is 2.76 bits per heavy atom. The molecule has 0 saturated carbocycles. The van der Waals surface area contributed by atoms with Gasteiger partial charge in [-0.15, -0.1) is 11.3 Å². The molecule has 33 heavy (non-hydrogen) atoms. The third-order valence-electron chi connectivity index (χ3n) is 5.30. The smallest absolute Gasteiger partial charge is 0.263 e. The Bertz CT molecular complexity index is 1490. The van der Waals surface area contributed by atoms with E-state index in [1.165, 1.54) is 11.3 Å². The number of nitrogens with zero attached hydrogens (tertiary/aromatic N) is 3. The number of pyridine rings is 1. The zero-order valence-corrected chi connectivity index (χ0v) is 19.7. The highest BCUT2D eigenvalue weighted by atomic mass is 32.1. The zero-order chi connectivity index (χ0) is 23.3. The summed E-state index contributed by atoms with van der Waals surface area (Å²) < 4.78 is 1.05. The van der Waals surface area contributed by atoms with Crippen LogP contribution in [0.3, 0.4) is 0 Å². The summed E-state index contributed by atoms with van der Waals surface area (Å²) >= 11 is 1.50. The van der Waals surface area contributed by atoms with Crippen molar-refractivity contribution in [3.05, 3.63) is 46.7 Å². The summed E-state index contributed by atoms with van der Waals surface area (Å²) in [6.07, 6.45) is 0. The van der Waals surface area contributed by atoms with Crippen LogP contribution in [0.15, 0.2) is 30.3 Å². The maximum absolute atomic E-state index is 12.7. The van der Waals surface area contributed by atoms with E-state index in [1.807, 2.05) is 58.0 Å². The lowest BCUT2D eigenvalue weighted by molar-refractivity contribution is 0.0949. The largest absolute Gasteiger partial charge is 0.381 e. The molecular formula is C25H24N6OS. The number of fused-ring (bicyclic) bond motifs is 5. The molecule has 7 nitrogen and oxygen atoms in total. The Balaban J connectivity index is 1.63.